The number of rotatable bonds is 3. The summed E-state index contributed by atoms with van der Waals surface area (Å²) in [6.45, 7) is 4.49. The molecule has 1 aromatic carbocycles. The van der Waals surface area contributed by atoms with E-state index in [4.69, 9.17) is 0 Å². The average Bonchev–Trinajstić information content (AvgIpc) is 2.62. The van der Waals surface area contributed by atoms with Crippen molar-refractivity contribution < 1.29 is 0 Å². The third-order valence-electron chi connectivity index (χ3n) is 3.24. The van der Waals surface area contributed by atoms with Gasteiger partial charge in [-0.25, -0.2) is 0 Å². The van der Waals surface area contributed by atoms with Gasteiger partial charge in [-0.3, -0.25) is 0 Å². The topological polar surface area (TPSA) is 12.0 Å². The van der Waals surface area contributed by atoms with E-state index in [0.29, 0.717) is 0 Å². The Morgan fingerprint density at radius 1 is 1.27 bits per heavy atom. The lowest BCUT2D eigenvalue weighted by molar-refractivity contribution is 0.435. The van der Waals surface area contributed by atoms with Crippen LogP contribution in [0.2, 0.25) is 0 Å². The molecule has 80 valence electrons. The molecule has 0 saturated carbocycles. The predicted octanol–water partition coefficient (Wildman–Crippen LogP) is 3.01. The Hall–Kier alpha value is -1.08. The first-order chi connectivity index (χ1) is 7.12. The maximum atomic E-state index is 3.36. The smallest absolute Gasteiger partial charge is 0.0162 e. The zero-order chi connectivity index (χ0) is 10.9. The molecule has 1 aliphatic rings. The molecule has 0 aliphatic heterocycles. The van der Waals surface area contributed by atoms with Gasteiger partial charge < -0.3 is 5.32 Å². The van der Waals surface area contributed by atoms with Gasteiger partial charge >= 0.3 is 0 Å². The van der Waals surface area contributed by atoms with Gasteiger partial charge in [-0.1, -0.05) is 30.3 Å². The molecule has 0 radical (unpaired) electrons. The summed E-state index contributed by atoms with van der Waals surface area (Å²) in [5, 5.41) is 3.36. The third kappa shape index (κ3) is 2.13. The van der Waals surface area contributed by atoms with Crippen molar-refractivity contribution in [2.75, 3.05) is 7.05 Å². The van der Waals surface area contributed by atoms with Crippen molar-refractivity contribution >= 4 is 5.57 Å². The molecule has 0 amide bonds. The van der Waals surface area contributed by atoms with Crippen molar-refractivity contribution in [2.45, 2.75) is 32.2 Å². The summed E-state index contributed by atoms with van der Waals surface area (Å²) >= 11 is 0. The molecule has 1 aliphatic carbocycles. The first kappa shape index (κ1) is 10.4. The summed E-state index contributed by atoms with van der Waals surface area (Å²) in [5.74, 6) is 0. The lowest BCUT2D eigenvalue weighted by Crippen LogP contribution is -2.36. The molecule has 2 rings (SSSR count). The van der Waals surface area contributed by atoms with Crippen LogP contribution in [0.3, 0.4) is 0 Å². The van der Waals surface area contributed by atoms with Gasteiger partial charge in [-0.05, 0) is 50.4 Å². The summed E-state index contributed by atoms with van der Waals surface area (Å²) < 4.78 is 0. The highest BCUT2D eigenvalue weighted by atomic mass is 14.9. The Kier molecular flexibility index (Phi) is 2.66. The molecule has 0 aromatic heterocycles. The van der Waals surface area contributed by atoms with Gasteiger partial charge in [0, 0.05) is 5.54 Å². The molecule has 0 spiro atoms. The lowest BCUT2D eigenvalue weighted by atomic mass is 9.92. The van der Waals surface area contributed by atoms with Gasteiger partial charge in [0.2, 0.25) is 0 Å². The van der Waals surface area contributed by atoms with Crippen LogP contribution in [0.1, 0.15) is 31.4 Å². The third-order valence-corrected chi connectivity index (χ3v) is 3.24. The largest absolute Gasteiger partial charge is 0.314 e. The second-order valence-corrected chi connectivity index (χ2v) is 4.90. The molecular formula is C14H19N. The summed E-state index contributed by atoms with van der Waals surface area (Å²) in [6, 6.07) is 8.72. The molecule has 0 fully saturated rings. The van der Waals surface area contributed by atoms with E-state index in [1.807, 2.05) is 7.05 Å². The number of hydrogen-bond donors (Lipinski definition) is 1. The van der Waals surface area contributed by atoms with Crippen LogP contribution in [0.4, 0.5) is 0 Å². The number of fused-ring (bicyclic) bond motifs is 1. The quantitative estimate of drug-likeness (QED) is 0.792. The van der Waals surface area contributed by atoms with Crippen LogP contribution in [0.15, 0.2) is 30.3 Å². The van der Waals surface area contributed by atoms with E-state index in [1.165, 1.54) is 16.7 Å². The highest BCUT2D eigenvalue weighted by Gasteiger charge is 2.21. The van der Waals surface area contributed by atoms with Crippen molar-refractivity contribution in [2.24, 2.45) is 0 Å². The zero-order valence-electron chi connectivity index (χ0n) is 9.80. The van der Waals surface area contributed by atoms with Gasteiger partial charge in [-0.15, -0.1) is 0 Å². The molecule has 0 heterocycles. The minimum Gasteiger partial charge on any atom is -0.314 e. The highest BCUT2D eigenvalue weighted by Crippen LogP contribution is 2.32. The first-order valence-corrected chi connectivity index (χ1v) is 5.58. The second kappa shape index (κ2) is 3.82. The fourth-order valence-corrected chi connectivity index (χ4v) is 2.09. The summed E-state index contributed by atoms with van der Waals surface area (Å²) in [7, 11) is 2.03. The van der Waals surface area contributed by atoms with Crippen LogP contribution in [0.5, 0.6) is 0 Å². The molecule has 0 atom stereocenters. The summed E-state index contributed by atoms with van der Waals surface area (Å²) in [5.41, 5.74) is 4.59. The van der Waals surface area contributed by atoms with E-state index in [2.05, 4.69) is 49.5 Å². The molecule has 1 heteroatoms. The SMILES string of the molecule is CNC(C)(C)CC1=CCc2ccccc21. The number of nitrogens with one attached hydrogen (secondary N) is 1. The summed E-state index contributed by atoms with van der Waals surface area (Å²) in [4.78, 5) is 0. The van der Waals surface area contributed by atoms with Gasteiger partial charge in [0.05, 0.1) is 0 Å². The van der Waals surface area contributed by atoms with Crippen LogP contribution in [-0.2, 0) is 6.42 Å². The molecule has 1 N–H and O–H groups in total. The lowest BCUT2D eigenvalue weighted by Gasteiger charge is -2.25. The second-order valence-electron chi connectivity index (χ2n) is 4.90. The van der Waals surface area contributed by atoms with E-state index in [9.17, 15) is 0 Å². The standard InChI is InChI=1S/C14H19N/c1-14(2,15-3)10-12-9-8-11-6-4-5-7-13(11)12/h4-7,9,15H,8,10H2,1-3H3. The zero-order valence-corrected chi connectivity index (χ0v) is 9.80. The number of hydrogen-bond acceptors (Lipinski definition) is 1. The molecular weight excluding hydrogens is 182 g/mol. The van der Waals surface area contributed by atoms with Gasteiger partial charge in [0.1, 0.15) is 0 Å². The molecule has 15 heavy (non-hydrogen) atoms. The van der Waals surface area contributed by atoms with E-state index in [0.717, 1.165) is 12.8 Å². The Balaban J connectivity index is 2.21. The van der Waals surface area contributed by atoms with Gasteiger partial charge in [0.15, 0.2) is 0 Å². The van der Waals surface area contributed by atoms with Gasteiger partial charge in [-0.2, -0.15) is 0 Å². The van der Waals surface area contributed by atoms with E-state index < -0.39 is 0 Å². The maximum absolute atomic E-state index is 3.36. The van der Waals surface area contributed by atoms with Crippen molar-refractivity contribution in [3.8, 4) is 0 Å². The van der Waals surface area contributed by atoms with Crippen LogP contribution >= 0.6 is 0 Å². The van der Waals surface area contributed by atoms with Crippen LogP contribution in [0, 0.1) is 0 Å². The minimum absolute atomic E-state index is 0.184. The molecule has 1 nitrogen and oxygen atoms in total. The van der Waals surface area contributed by atoms with Crippen LogP contribution in [0.25, 0.3) is 5.57 Å². The Labute approximate surface area is 92.2 Å². The van der Waals surface area contributed by atoms with Gasteiger partial charge in [0.25, 0.3) is 0 Å². The average molecular weight is 201 g/mol. The normalized spacial score (nSPS) is 15.0. The molecule has 0 saturated heterocycles. The first-order valence-electron chi connectivity index (χ1n) is 5.58. The molecule has 0 bridgehead atoms. The monoisotopic (exact) mass is 201 g/mol. The van der Waals surface area contributed by atoms with E-state index >= 15 is 0 Å². The van der Waals surface area contributed by atoms with Crippen LogP contribution in [-0.4, -0.2) is 12.6 Å². The summed E-state index contributed by atoms with van der Waals surface area (Å²) in [6.07, 6.45) is 4.57. The Morgan fingerprint density at radius 3 is 2.73 bits per heavy atom. The molecule has 0 unspecified atom stereocenters. The van der Waals surface area contributed by atoms with Crippen molar-refractivity contribution in [3.63, 3.8) is 0 Å². The predicted molar refractivity (Wildman–Crippen MR) is 65.9 cm³/mol. The Morgan fingerprint density at radius 2 is 2.00 bits per heavy atom. The van der Waals surface area contributed by atoms with Crippen LogP contribution < -0.4 is 5.32 Å². The fourth-order valence-electron chi connectivity index (χ4n) is 2.09. The number of benzene rings is 1. The van der Waals surface area contributed by atoms with E-state index in [1.54, 1.807) is 0 Å². The van der Waals surface area contributed by atoms with Crippen molar-refractivity contribution in [1.82, 2.24) is 5.32 Å². The molecule has 1 aromatic rings. The van der Waals surface area contributed by atoms with Crippen molar-refractivity contribution in [3.05, 3.63) is 41.5 Å². The fraction of sp³-hybridized carbons (Fsp3) is 0.429. The highest BCUT2D eigenvalue weighted by molar-refractivity contribution is 5.73. The number of allylic oxidation sites excluding steroid dienone is 1. The van der Waals surface area contributed by atoms with E-state index in [-0.39, 0.29) is 5.54 Å². The Bertz CT molecular complexity index is 388. The minimum atomic E-state index is 0.184. The van der Waals surface area contributed by atoms with Crippen molar-refractivity contribution in [1.29, 1.82) is 0 Å². The maximum Gasteiger partial charge on any atom is 0.0162 e.